The van der Waals surface area contributed by atoms with Crippen molar-refractivity contribution < 1.29 is 23.9 Å². The molecule has 3 atom stereocenters. The van der Waals surface area contributed by atoms with Crippen LogP contribution in [0.15, 0.2) is 11.1 Å². The van der Waals surface area contributed by atoms with E-state index in [1.165, 1.54) is 24.8 Å². The Balaban J connectivity index is 2.05. The lowest BCUT2D eigenvalue weighted by Crippen LogP contribution is -2.48. The Morgan fingerprint density at radius 3 is 2.45 bits per heavy atom. The minimum Gasteiger partial charge on any atom is -0.452 e. The van der Waals surface area contributed by atoms with E-state index in [0.717, 1.165) is 50.5 Å². The van der Waals surface area contributed by atoms with Crippen molar-refractivity contribution in [1.29, 1.82) is 0 Å². The highest BCUT2D eigenvalue weighted by atomic mass is 16.6. The van der Waals surface area contributed by atoms with Gasteiger partial charge in [0.25, 0.3) is 0 Å². The van der Waals surface area contributed by atoms with Gasteiger partial charge in [0.05, 0.1) is 0 Å². The molecule has 0 aromatic carbocycles. The third kappa shape index (κ3) is 8.15. The van der Waals surface area contributed by atoms with Gasteiger partial charge in [0.2, 0.25) is 0 Å². The molecule has 1 amide bonds. The third-order valence-electron chi connectivity index (χ3n) is 6.96. The predicted octanol–water partition coefficient (Wildman–Crippen LogP) is 6.41. The van der Waals surface area contributed by atoms with Gasteiger partial charge >= 0.3 is 12.1 Å². The molecule has 0 heterocycles. The van der Waals surface area contributed by atoms with Gasteiger partial charge in [0.1, 0.15) is 11.6 Å². The SMILES string of the molecule is CCCCCCCCC(NC(=O)OC(C)(C)C)C(=O)OC1C[C@]2(C)CCCCC2=C(C)C1=O. The number of fused-ring (bicyclic) bond motifs is 1. The van der Waals surface area contributed by atoms with Crippen molar-refractivity contribution in [1.82, 2.24) is 5.32 Å². The first-order valence-corrected chi connectivity index (χ1v) is 12.9. The summed E-state index contributed by atoms with van der Waals surface area (Å²) in [6.07, 6.45) is 10.3. The molecule has 0 spiro atoms. The number of unbranched alkanes of at least 4 members (excludes halogenated alkanes) is 5. The number of rotatable bonds is 10. The summed E-state index contributed by atoms with van der Waals surface area (Å²) in [7, 11) is 0. The van der Waals surface area contributed by atoms with Gasteiger partial charge in [-0.05, 0) is 64.4 Å². The largest absolute Gasteiger partial charge is 0.452 e. The van der Waals surface area contributed by atoms with E-state index in [0.29, 0.717) is 12.8 Å². The average Bonchev–Trinajstić information content (AvgIpc) is 2.71. The first-order chi connectivity index (χ1) is 15.5. The number of hydrogen-bond donors (Lipinski definition) is 1. The zero-order chi connectivity index (χ0) is 24.6. The molecule has 0 bridgehead atoms. The van der Waals surface area contributed by atoms with Crippen molar-refractivity contribution in [3.63, 3.8) is 0 Å². The summed E-state index contributed by atoms with van der Waals surface area (Å²) in [5, 5.41) is 2.70. The van der Waals surface area contributed by atoms with Gasteiger partial charge in [-0.1, -0.05) is 64.4 Å². The first kappa shape index (κ1) is 27.4. The van der Waals surface area contributed by atoms with Crippen molar-refractivity contribution in [3.8, 4) is 0 Å². The summed E-state index contributed by atoms with van der Waals surface area (Å²) in [5.74, 6) is -0.628. The Kier molecular flexibility index (Phi) is 9.99. The fraction of sp³-hybridized carbons (Fsp3) is 0.815. The van der Waals surface area contributed by atoms with E-state index in [2.05, 4.69) is 19.2 Å². The second kappa shape index (κ2) is 12.0. The summed E-state index contributed by atoms with van der Waals surface area (Å²) in [6.45, 7) is 11.6. The van der Waals surface area contributed by atoms with Crippen LogP contribution in [0.5, 0.6) is 0 Å². The minimum absolute atomic E-state index is 0.0887. The summed E-state index contributed by atoms with van der Waals surface area (Å²) in [6, 6.07) is -0.816. The van der Waals surface area contributed by atoms with Crippen molar-refractivity contribution >= 4 is 17.8 Å². The van der Waals surface area contributed by atoms with Crippen LogP contribution >= 0.6 is 0 Å². The number of Topliss-reactive ketones (excluding diaryl/α,β-unsaturated/α-hetero) is 1. The van der Waals surface area contributed by atoms with Crippen LogP contribution in [-0.2, 0) is 19.1 Å². The summed E-state index contributed by atoms with van der Waals surface area (Å²) in [5.41, 5.74) is 1.25. The number of nitrogens with one attached hydrogen (secondary N) is 1. The number of carbonyl (C=O) groups is 3. The number of hydrogen-bond acceptors (Lipinski definition) is 5. The third-order valence-corrected chi connectivity index (χ3v) is 6.96. The van der Waals surface area contributed by atoms with Crippen LogP contribution in [0, 0.1) is 5.41 Å². The maximum atomic E-state index is 13.1. The fourth-order valence-electron chi connectivity index (χ4n) is 5.17. The maximum Gasteiger partial charge on any atom is 0.408 e. The monoisotopic (exact) mass is 463 g/mol. The lowest BCUT2D eigenvalue weighted by Gasteiger charge is -2.43. The molecule has 1 fully saturated rings. The zero-order valence-corrected chi connectivity index (χ0v) is 21.7. The number of amides is 1. The van der Waals surface area contributed by atoms with E-state index >= 15 is 0 Å². The number of esters is 1. The molecule has 33 heavy (non-hydrogen) atoms. The number of carbonyl (C=O) groups excluding carboxylic acids is 3. The minimum atomic E-state index is -0.816. The Morgan fingerprint density at radius 2 is 1.79 bits per heavy atom. The standard InChI is InChI=1S/C27H45NO5/c1-7-8-9-10-11-12-16-21(28-25(31)33-26(3,4)5)24(30)32-22-18-27(6)17-14-13-15-20(27)19(2)23(22)29/h21-22H,7-18H2,1-6H3,(H,28,31)/t21?,22?,27-/m0/s1. The molecule has 0 radical (unpaired) electrons. The molecule has 0 saturated heterocycles. The van der Waals surface area contributed by atoms with E-state index in [4.69, 9.17) is 9.47 Å². The molecule has 6 nitrogen and oxygen atoms in total. The van der Waals surface area contributed by atoms with E-state index in [1.54, 1.807) is 20.8 Å². The van der Waals surface area contributed by atoms with Gasteiger partial charge in [0.15, 0.2) is 11.9 Å². The summed E-state index contributed by atoms with van der Waals surface area (Å²) < 4.78 is 11.1. The number of ketones is 1. The van der Waals surface area contributed by atoms with Crippen LogP contribution in [-0.4, -0.2) is 35.6 Å². The smallest absolute Gasteiger partial charge is 0.408 e. The van der Waals surface area contributed by atoms with E-state index in [9.17, 15) is 14.4 Å². The molecular formula is C27H45NO5. The van der Waals surface area contributed by atoms with Crippen molar-refractivity contribution in [2.45, 2.75) is 136 Å². The maximum absolute atomic E-state index is 13.1. The highest BCUT2D eigenvalue weighted by Gasteiger charge is 2.44. The normalized spacial score (nSPS) is 24.2. The molecule has 2 aliphatic carbocycles. The molecule has 0 aromatic heterocycles. The van der Waals surface area contributed by atoms with Crippen LogP contribution in [0.4, 0.5) is 4.79 Å². The number of ether oxygens (including phenoxy) is 2. The highest BCUT2D eigenvalue weighted by molar-refractivity contribution is 6.01. The quantitative estimate of drug-likeness (QED) is 0.299. The van der Waals surface area contributed by atoms with Gasteiger partial charge in [-0.2, -0.15) is 0 Å². The van der Waals surface area contributed by atoms with E-state index < -0.39 is 29.8 Å². The summed E-state index contributed by atoms with van der Waals surface area (Å²) >= 11 is 0. The Morgan fingerprint density at radius 1 is 1.12 bits per heavy atom. The van der Waals surface area contributed by atoms with Crippen LogP contribution in [0.1, 0.15) is 119 Å². The van der Waals surface area contributed by atoms with Gasteiger partial charge in [-0.25, -0.2) is 9.59 Å². The lowest BCUT2D eigenvalue weighted by molar-refractivity contribution is -0.158. The van der Waals surface area contributed by atoms with Crippen LogP contribution in [0.25, 0.3) is 0 Å². The van der Waals surface area contributed by atoms with Crippen LogP contribution < -0.4 is 5.32 Å². The molecule has 0 aliphatic heterocycles. The van der Waals surface area contributed by atoms with E-state index in [-0.39, 0.29) is 11.2 Å². The zero-order valence-electron chi connectivity index (χ0n) is 21.7. The topological polar surface area (TPSA) is 81.7 Å². The molecule has 6 heteroatoms. The van der Waals surface area contributed by atoms with Gasteiger partial charge < -0.3 is 14.8 Å². The molecule has 1 N–H and O–H groups in total. The van der Waals surface area contributed by atoms with Crippen LogP contribution in [0.2, 0.25) is 0 Å². The Labute approximate surface area is 200 Å². The van der Waals surface area contributed by atoms with Gasteiger partial charge in [-0.15, -0.1) is 0 Å². The second-order valence-electron chi connectivity index (χ2n) is 11.1. The molecule has 1 saturated carbocycles. The van der Waals surface area contributed by atoms with Crippen LogP contribution in [0.3, 0.4) is 0 Å². The molecule has 2 aliphatic rings. The second-order valence-corrected chi connectivity index (χ2v) is 11.1. The van der Waals surface area contributed by atoms with Crippen molar-refractivity contribution in [2.24, 2.45) is 5.41 Å². The molecule has 0 aromatic rings. The molecule has 188 valence electrons. The first-order valence-electron chi connectivity index (χ1n) is 12.9. The van der Waals surface area contributed by atoms with Crippen molar-refractivity contribution in [3.05, 3.63) is 11.1 Å². The Hall–Kier alpha value is -1.85. The van der Waals surface area contributed by atoms with Gasteiger partial charge in [-0.3, -0.25) is 4.79 Å². The predicted molar refractivity (Wildman–Crippen MR) is 130 cm³/mol. The molecular weight excluding hydrogens is 418 g/mol. The fourth-order valence-corrected chi connectivity index (χ4v) is 5.17. The summed E-state index contributed by atoms with van der Waals surface area (Å²) in [4.78, 5) is 38.5. The average molecular weight is 464 g/mol. The number of alkyl carbamates (subject to hydrolysis) is 1. The highest BCUT2D eigenvalue weighted by Crippen LogP contribution is 2.49. The Bertz CT molecular complexity index is 735. The van der Waals surface area contributed by atoms with E-state index in [1.807, 2.05) is 6.92 Å². The van der Waals surface area contributed by atoms with Crippen molar-refractivity contribution in [2.75, 3.05) is 0 Å². The molecule has 2 unspecified atom stereocenters. The lowest BCUT2D eigenvalue weighted by atomic mass is 9.63. The molecule has 2 rings (SSSR count). The number of allylic oxidation sites excluding steroid dienone is 1. The van der Waals surface area contributed by atoms with Gasteiger partial charge in [0, 0.05) is 6.42 Å².